The van der Waals surface area contributed by atoms with Crippen molar-refractivity contribution in [1.82, 2.24) is 19.9 Å². The van der Waals surface area contributed by atoms with Gasteiger partial charge < -0.3 is 20.1 Å². The number of nitrogens with one attached hydrogen (secondary N) is 2. The van der Waals surface area contributed by atoms with E-state index in [9.17, 15) is 14.9 Å². The second-order valence-corrected chi connectivity index (χ2v) is 13.1. The van der Waals surface area contributed by atoms with E-state index in [1.807, 2.05) is 59.7 Å². The average Bonchev–Trinajstić information content (AvgIpc) is 3.35. The first kappa shape index (κ1) is 34.2. The predicted molar refractivity (Wildman–Crippen MR) is 172 cm³/mol. The quantitative estimate of drug-likeness (QED) is 0.208. The number of unbranched alkanes of at least 4 members (excludes halogenated alkanes) is 3. The molecule has 0 saturated carbocycles. The number of fused-ring (bicyclic) bond motifs is 1. The lowest BCUT2D eigenvalue weighted by Gasteiger charge is -2.28. The van der Waals surface area contributed by atoms with Crippen LogP contribution in [0.4, 0.5) is 21.2 Å². The summed E-state index contributed by atoms with van der Waals surface area (Å²) in [4.78, 5) is 31.8. The number of amides is 2. The third kappa shape index (κ3) is 10.4. The molecule has 0 aliphatic carbocycles. The van der Waals surface area contributed by atoms with E-state index in [1.54, 1.807) is 27.7 Å². The number of carbonyl (C=O) groups excluding carboxylic acids is 2. The number of alkyl carbamates (subject to hydrolysis) is 1. The van der Waals surface area contributed by atoms with Crippen LogP contribution in [-0.4, -0.2) is 51.1 Å². The molecule has 0 bridgehead atoms. The Bertz CT molecular complexity index is 1440. The topological polar surface area (TPSA) is 134 Å². The van der Waals surface area contributed by atoms with Crippen molar-refractivity contribution in [2.45, 2.75) is 105 Å². The van der Waals surface area contributed by atoms with Crippen LogP contribution < -0.4 is 15.5 Å². The van der Waals surface area contributed by atoms with Gasteiger partial charge in [-0.3, -0.25) is 4.90 Å². The maximum absolute atomic E-state index is 13.6. The number of nitriles is 1. The summed E-state index contributed by atoms with van der Waals surface area (Å²) < 4.78 is 12.8. The van der Waals surface area contributed by atoms with E-state index in [2.05, 4.69) is 35.6 Å². The molecule has 0 aliphatic heterocycles. The minimum atomic E-state index is -0.705. The fourth-order valence-electron chi connectivity index (χ4n) is 4.40. The molecule has 3 rings (SSSR count). The highest BCUT2D eigenvalue weighted by atomic mass is 16.6. The first-order valence-electron chi connectivity index (χ1n) is 15.3. The molecule has 0 fully saturated rings. The Morgan fingerprint density at radius 3 is 2.20 bits per heavy atom. The lowest BCUT2D eigenvalue weighted by atomic mass is 10.1. The zero-order valence-corrected chi connectivity index (χ0v) is 27.4. The minimum Gasteiger partial charge on any atom is -0.444 e. The molecule has 3 aromatic rings. The molecule has 1 aromatic carbocycles. The van der Waals surface area contributed by atoms with E-state index in [4.69, 9.17) is 14.5 Å². The third-order valence-corrected chi connectivity index (χ3v) is 6.49. The largest absolute Gasteiger partial charge is 0.444 e. The van der Waals surface area contributed by atoms with Gasteiger partial charge in [-0.15, -0.1) is 0 Å². The second kappa shape index (κ2) is 14.9. The molecule has 0 unspecified atom stereocenters. The van der Waals surface area contributed by atoms with Gasteiger partial charge in [0.05, 0.1) is 24.4 Å². The molecule has 11 nitrogen and oxygen atoms in total. The number of nitrogens with zero attached hydrogens (tertiary/aromatic N) is 5. The van der Waals surface area contributed by atoms with Crippen molar-refractivity contribution in [2.24, 2.45) is 0 Å². The zero-order chi connectivity index (χ0) is 32.5. The summed E-state index contributed by atoms with van der Waals surface area (Å²) in [5, 5.41) is 20.1. The van der Waals surface area contributed by atoms with Crippen LogP contribution in [0.25, 0.3) is 5.65 Å². The minimum absolute atomic E-state index is 0.172. The maximum Gasteiger partial charge on any atom is 0.416 e. The Labute approximate surface area is 260 Å². The van der Waals surface area contributed by atoms with E-state index in [0.717, 1.165) is 36.8 Å². The summed E-state index contributed by atoms with van der Waals surface area (Å²) >= 11 is 0. The van der Waals surface area contributed by atoms with Crippen molar-refractivity contribution in [3.05, 3.63) is 53.2 Å². The summed E-state index contributed by atoms with van der Waals surface area (Å²) in [5.41, 5.74) is 1.81. The summed E-state index contributed by atoms with van der Waals surface area (Å²) in [7, 11) is 0. The number of hydrogen-bond donors (Lipinski definition) is 2. The van der Waals surface area contributed by atoms with Crippen molar-refractivity contribution >= 4 is 29.5 Å². The summed E-state index contributed by atoms with van der Waals surface area (Å²) in [5.74, 6) is 1.33. The average molecular weight is 606 g/mol. The van der Waals surface area contributed by atoms with Crippen LogP contribution in [0.2, 0.25) is 0 Å². The SMILES string of the molecule is CC(C)c1cnn2c(N(Cc3ccc(C#N)cc3)C(=O)OC(C)(C)C)cc(NCCCCCCNC(=O)OC(C)(C)C)nc12. The van der Waals surface area contributed by atoms with Gasteiger partial charge in [-0.25, -0.2) is 14.6 Å². The number of benzene rings is 1. The molecule has 0 atom stereocenters. The Balaban J connectivity index is 1.77. The molecule has 238 valence electrons. The standard InChI is InChI=1S/C33H47N7O4/c1-23(2)26-21-37-40-28(39(31(42)44-33(6,7)8)22-25-15-13-24(20-34)14-16-25)19-27(38-29(26)40)35-17-11-9-10-12-18-36-30(41)43-32(3,4)5/h13-16,19,21,23H,9-12,17-18,22H2,1-8H3,(H,35,38)(H,36,41). The number of carbonyl (C=O) groups is 2. The lowest BCUT2D eigenvalue weighted by Crippen LogP contribution is -2.37. The first-order chi connectivity index (χ1) is 20.7. The normalized spacial score (nSPS) is 11.7. The first-order valence-corrected chi connectivity index (χ1v) is 15.3. The second-order valence-electron chi connectivity index (χ2n) is 13.1. The highest BCUT2D eigenvalue weighted by molar-refractivity contribution is 5.88. The number of rotatable bonds is 12. The van der Waals surface area contributed by atoms with Gasteiger partial charge >= 0.3 is 12.2 Å². The Morgan fingerprint density at radius 2 is 1.61 bits per heavy atom. The van der Waals surface area contributed by atoms with E-state index >= 15 is 0 Å². The van der Waals surface area contributed by atoms with Crippen molar-refractivity contribution in [2.75, 3.05) is 23.3 Å². The Kier molecular flexibility index (Phi) is 11.6. The van der Waals surface area contributed by atoms with Crippen molar-refractivity contribution in [1.29, 1.82) is 5.26 Å². The molecule has 0 aliphatic rings. The van der Waals surface area contributed by atoms with Crippen LogP contribution in [0.15, 0.2) is 36.5 Å². The van der Waals surface area contributed by atoms with Gasteiger partial charge in [-0.1, -0.05) is 38.8 Å². The van der Waals surface area contributed by atoms with Crippen LogP contribution >= 0.6 is 0 Å². The third-order valence-electron chi connectivity index (χ3n) is 6.49. The van der Waals surface area contributed by atoms with Gasteiger partial charge in [0.2, 0.25) is 0 Å². The molecular formula is C33H47N7O4. The Hall–Kier alpha value is -4.33. The van der Waals surface area contributed by atoms with Crippen LogP contribution in [0.1, 0.15) is 104 Å². The van der Waals surface area contributed by atoms with E-state index in [-0.39, 0.29) is 12.5 Å². The van der Waals surface area contributed by atoms with Crippen molar-refractivity contribution in [3.8, 4) is 6.07 Å². The monoisotopic (exact) mass is 605 g/mol. The summed E-state index contributed by atoms with van der Waals surface area (Å²) in [6.45, 7) is 16.7. The predicted octanol–water partition coefficient (Wildman–Crippen LogP) is 7.16. The van der Waals surface area contributed by atoms with E-state index in [1.165, 1.54) is 0 Å². The zero-order valence-electron chi connectivity index (χ0n) is 27.4. The number of aromatic nitrogens is 3. The molecule has 0 spiro atoms. The molecular weight excluding hydrogens is 558 g/mol. The lowest BCUT2D eigenvalue weighted by molar-refractivity contribution is 0.0524. The van der Waals surface area contributed by atoms with E-state index in [0.29, 0.717) is 35.9 Å². The molecule has 0 saturated heterocycles. The molecule has 0 radical (unpaired) electrons. The van der Waals surface area contributed by atoms with Crippen molar-refractivity contribution < 1.29 is 19.1 Å². The van der Waals surface area contributed by atoms with E-state index < -0.39 is 23.4 Å². The van der Waals surface area contributed by atoms with Crippen molar-refractivity contribution in [3.63, 3.8) is 0 Å². The fourth-order valence-corrected chi connectivity index (χ4v) is 4.40. The molecule has 2 N–H and O–H groups in total. The number of anilines is 2. The fraction of sp³-hybridized carbons (Fsp3) is 0.545. The van der Waals surface area contributed by atoms with Crippen LogP contribution in [0.5, 0.6) is 0 Å². The summed E-state index contributed by atoms with van der Waals surface area (Å²) in [6.07, 6.45) is 4.60. The van der Waals surface area contributed by atoms with Crippen LogP contribution in [0, 0.1) is 11.3 Å². The van der Waals surface area contributed by atoms with Crippen LogP contribution in [0.3, 0.4) is 0 Å². The number of ether oxygens (including phenoxy) is 2. The highest BCUT2D eigenvalue weighted by Crippen LogP contribution is 2.28. The van der Waals surface area contributed by atoms with Gasteiger partial charge in [0, 0.05) is 24.7 Å². The molecule has 2 aromatic heterocycles. The molecule has 2 heterocycles. The van der Waals surface area contributed by atoms with Gasteiger partial charge in [-0.2, -0.15) is 14.9 Å². The highest BCUT2D eigenvalue weighted by Gasteiger charge is 2.27. The van der Waals surface area contributed by atoms with Gasteiger partial charge in [-0.05, 0) is 78.0 Å². The maximum atomic E-state index is 13.6. The summed E-state index contributed by atoms with van der Waals surface area (Å²) in [6, 6.07) is 11.1. The smallest absolute Gasteiger partial charge is 0.416 e. The Morgan fingerprint density at radius 1 is 0.977 bits per heavy atom. The molecule has 11 heteroatoms. The van der Waals surface area contributed by atoms with Gasteiger partial charge in [0.15, 0.2) is 5.65 Å². The van der Waals surface area contributed by atoms with Crippen LogP contribution in [-0.2, 0) is 16.0 Å². The number of hydrogen-bond acceptors (Lipinski definition) is 8. The molecule has 44 heavy (non-hydrogen) atoms. The van der Waals surface area contributed by atoms with Gasteiger partial charge in [0.1, 0.15) is 22.8 Å². The van der Waals surface area contributed by atoms with Gasteiger partial charge in [0.25, 0.3) is 0 Å². The molecule has 2 amide bonds.